The maximum absolute atomic E-state index is 12.2. The van der Waals surface area contributed by atoms with Crippen molar-refractivity contribution < 1.29 is 4.79 Å². The molecule has 6 nitrogen and oxygen atoms in total. The number of nitrogens with zero attached hydrogens (tertiary/aromatic N) is 5. The van der Waals surface area contributed by atoms with E-state index in [1.54, 1.807) is 0 Å². The minimum Gasteiger partial charge on any atom is -0.342 e. The lowest BCUT2D eigenvalue weighted by Gasteiger charge is -2.22. The summed E-state index contributed by atoms with van der Waals surface area (Å²) >= 11 is 0. The highest BCUT2D eigenvalue weighted by atomic mass is 16.2. The van der Waals surface area contributed by atoms with Gasteiger partial charge >= 0.3 is 0 Å². The lowest BCUT2D eigenvalue weighted by atomic mass is 10.1. The molecule has 6 heteroatoms. The molecule has 1 aromatic heterocycles. The molecule has 3 rings (SSSR count). The third-order valence-corrected chi connectivity index (χ3v) is 5.13. The second-order valence-electron chi connectivity index (χ2n) is 8.00. The summed E-state index contributed by atoms with van der Waals surface area (Å²) < 4.78 is 2.33. The molecule has 134 valence electrons. The van der Waals surface area contributed by atoms with Gasteiger partial charge in [-0.25, -0.2) is 0 Å². The Morgan fingerprint density at radius 1 is 1.12 bits per heavy atom. The summed E-state index contributed by atoms with van der Waals surface area (Å²) in [7, 11) is 0. The average molecular weight is 333 g/mol. The van der Waals surface area contributed by atoms with Gasteiger partial charge in [0.05, 0.1) is 0 Å². The number of aromatic nitrogens is 3. The summed E-state index contributed by atoms with van der Waals surface area (Å²) in [5.74, 6) is 3.57. The van der Waals surface area contributed by atoms with Crippen LogP contribution in [0.5, 0.6) is 0 Å². The van der Waals surface area contributed by atoms with Crippen LogP contribution in [0.4, 0.5) is 0 Å². The summed E-state index contributed by atoms with van der Waals surface area (Å²) in [6, 6.07) is 0. The van der Waals surface area contributed by atoms with E-state index in [0.717, 1.165) is 63.8 Å². The van der Waals surface area contributed by atoms with Crippen molar-refractivity contribution in [2.75, 3.05) is 32.7 Å². The molecule has 24 heavy (non-hydrogen) atoms. The Kier molecular flexibility index (Phi) is 5.23. The first-order valence-corrected chi connectivity index (χ1v) is 9.38. The van der Waals surface area contributed by atoms with E-state index in [4.69, 9.17) is 0 Å². The number of fused-ring (bicyclic) bond motifs is 1. The van der Waals surface area contributed by atoms with Gasteiger partial charge in [0, 0.05) is 57.5 Å². The smallest absolute Gasteiger partial charge is 0.225 e. The standard InChI is InChI=1S/C18H31N5O/c1-13(2)11-21-7-6-16-19-20-17(23(16)10-9-21)15-5-8-22(12-15)18(24)14(3)4/h13-15H,5-12H2,1-4H3. The molecule has 0 bridgehead atoms. The summed E-state index contributed by atoms with van der Waals surface area (Å²) in [5.41, 5.74) is 0. The Bertz CT molecular complexity index is 580. The Labute approximate surface area is 145 Å². The maximum Gasteiger partial charge on any atom is 0.225 e. The number of hydrogen-bond acceptors (Lipinski definition) is 4. The molecular formula is C18H31N5O. The van der Waals surface area contributed by atoms with Gasteiger partial charge in [-0.15, -0.1) is 10.2 Å². The number of rotatable bonds is 4. The lowest BCUT2D eigenvalue weighted by Crippen LogP contribution is -2.32. The van der Waals surface area contributed by atoms with E-state index in [0.29, 0.717) is 11.8 Å². The second kappa shape index (κ2) is 7.21. The molecular weight excluding hydrogens is 302 g/mol. The molecule has 1 saturated heterocycles. The van der Waals surface area contributed by atoms with Crippen molar-refractivity contribution in [1.29, 1.82) is 0 Å². The lowest BCUT2D eigenvalue weighted by molar-refractivity contribution is -0.133. The van der Waals surface area contributed by atoms with Gasteiger partial charge in [-0.2, -0.15) is 0 Å². The number of hydrogen-bond donors (Lipinski definition) is 0. The van der Waals surface area contributed by atoms with Crippen LogP contribution in [0.25, 0.3) is 0 Å². The summed E-state index contributed by atoms with van der Waals surface area (Å²) in [6.07, 6.45) is 1.98. The van der Waals surface area contributed by atoms with E-state index >= 15 is 0 Å². The van der Waals surface area contributed by atoms with E-state index in [1.165, 1.54) is 0 Å². The first kappa shape index (κ1) is 17.4. The van der Waals surface area contributed by atoms with Crippen molar-refractivity contribution in [1.82, 2.24) is 24.6 Å². The molecule has 0 spiro atoms. The summed E-state index contributed by atoms with van der Waals surface area (Å²) in [6.45, 7) is 14.4. The molecule has 1 atom stereocenters. The van der Waals surface area contributed by atoms with Gasteiger partial charge in [0.25, 0.3) is 0 Å². The predicted octanol–water partition coefficient (Wildman–Crippen LogP) is 1.76. The predicted molar refractivity (Wildman–Crippen MR) is 93.8 cm³/mol. The topological polar surface area (TPSA) is 54.3 Å². The molecule has 0 saturated carbocycles. The van der Waals surface area contributed by atoms with Gasteiger partial charge in [-0.05, 0) is 12.3 Å². The fraction of sp³-hybridized carbons (Fsp3) is 0.833. The average Bonchev–Trinajstić information content (AvgIpc) is 3.11. The first-order chi connectivity index (χ1) is 11.5. The highest BCUT2D eigenvalue weighted by molar-refractivity contribution is 5.78. The van der Waals surface area contributed by atoms with Gasteiger partial charge in [0.1, 0.15) is 11.6 Å². The van der Waals surface area contributed by atoms with Gasteiger partial charge in [0.2, 0.25) is 5.91 Å². The SMILES string of the molecule is CC(C)CN1CCc2nnc(C3CCN(C(=O)C(C)C)C3)n2CC1. The minimum atomic E-state index is 0.0730. The minimum absolute atomic E-state index is 0.0730. The quantitative estimate of drug-likeness (QED) is 0.842. The summed E-state index contributed by atoms with van der Waals surface area (Å²) in [4.78, 5) is 16.8. The van der Waals surface area contributed by atoms with Gasteiger partial charge in [-0.3, -0.25) is 4.79 Å². The molecule has 1 unspecified atom stereocenters. The molecule has 0 radical (unpaired) electrons. The van der Waals surface area contributed by atoms with E-state index in [-0.39, 0.29) is 11.8 Å². The zero-order valence-electron chi connectivity index (χ0n) is 15.5. The monoisotopic (exact) mass is 333 g/mol. The molecule has 2 aliphatic rings. The fourth-order valence-corrected chi connectivity index (χ4v) is 3.93. The number of carbonyl (C=O) groups excluding carboxylic acids is 1. The van der Waals surface area contributed by atoms with Crippen LogP contribution >= 0.6 is 0 Å². The Morgan fingerprint density at radius 2 is 1.92 bits per heavy atom. The van der Waals surface area contributed by atoms with Crippen molar-refractivity contribution in [3.63, 3.8) is 0 Å². The van der Waals surface area contributed by atoms with Crippen molar-refractivity contribution in [2.45, 2.75) is 53.0 Å². The summed E-state index contributed by atoms with van der Waals surface area (Å²) in [5, 5.41) is 8.97. The molecule has 1 amide bonds. The molecule has 2 aliphatic heterocycles. The van der Waals surface area contributed by atoms with Crippen molar-refractivity contribution in [2.24, 2.45) is 11.8 Å². The molecule has 0 aromatic carbocycles. The second-order valence-corrected chi connectivity index (χ2v) is 8.00. The number of likely N-dealkylation sites (tertiary alicyclic amines) is 1. The molecule has 0 aliphatic carbocycles. The van der Waals surface area contributed by atoms with Crippen molar-refractivity contribution in [3.05, 3.63) is 11.6 Å². The number of carbonyl (C=O) groups is 1. The Morgan fingerprint density at radius 3 is 2.62 bits per heavy atom. The largest absolute Gasteiger partial charge is 0.342 e. The van der Waals surface area contributed by atoms with Crippen LogP contribution in [-0.4, -0.2) is 63.2 Å². The molecule has 1 fully saturated rings. The van der Waals surface area contributed by atoms with E-state index < -0.39 is 0 Å². The third-order valence-electron chi connectivity index (χ3n) is 5.13. The van der Waals surface area contributed by atoms with Crippen LogP contribution in [-0.2, 0) is 17.8 Å². The van der Waals surface area contributed by atoms with Crippen LogP contribution in [0.15, 0.2) is 0 Å². The zero-order valence-corrected chi connectivity index (χ0v) is 15.5. The number of amides is 1. The maximum atomic E-state index is 12.2. The van der Waals surface area contributed by atoms with E-state index in [2.05, 4.69) is 33.5 Å². The van der Waals surface area contributed by atoms with Gasteiger partial charge in [-0.1, -0.05) is 27.7 Å². The molecule has 1 aromatic rings. The van der Waals surface area contributed by atoms with E-state index in [1.807, 2.05) is 18.7 Å². The van der Waals surface area contributed by atoms with Crippen LogP contribution in [0.2, 0.25) is 0 Å². The van der Waals surface area contributed by atoms with Crippen LogP contribution in [0.3, 0.4) is 0 Å². The van der Waals surface area contributed by atoms with Crippen LogP contribution < -0.4 is 0 Å². The Balaban J connectivity index is 1.68. The molecule has 0 N–H and O–H groups in total. The third kappa shape index (κ3) is 3.63. The molecule has 3 heterocycles. The fourth-order valence-electron chi connectivity index (χ4n) is 3.93. The first-order valence-electron chi connectivity index (χ1n) is 9.38. The van der Waals surface area contributed by atoms with Crippen molar-refractivity contribution >= 4 is 5.91 Å². The van der Waals surface area contributed by atoms with Crippen LogP contribution in [0.1, 0.15) is 51.7 Å². The highest BCUT2D eigenvalue weighted by Gasteiger charge is 2.32. The van der Waals surface area contributed by atoms with Crippen molar-refractivity contribution in [3.8, 4) is 0 Å². The van der Waals surface area contributed by atoms with Crippen LogP contribution in [0, 0.1) is 11.8 Å². The normalized spacial score (nSPS) is 22.2. The van der Waals surface area contributed by atoms with Gasteiger partial charge in [0.15, 0.2) is 0 Å². The van der Waals surface area contributed by atoms with E-state index in [9.17, 15) is 4.79 Å². The van der Waals surface area contributed by atoms with Gasteiger partial charge < -0.3 is 14.4 Å². The highest BCUT2D eigenvalue weighted by Crippen LogP contribution is 2.28. The Hall–Kier alpha value is -1.43. The zero-order chi connectivity index (χ0) is 17.3.